The molecule has 0 aliphatic rings. The van der Waals surface area contributed by atoms with Crippen LogP contribution in [0.2, 0.25) is 0 Å². The summed E-state index contributed by atoms with van der Waals surface area (Å²) in [6.07, 6.45) is 2.01. The second-order valence-electron chi connectivity index (χ2n) is 4.47. The number of aromatic nitrogens is 4. The molecule has 0 saturated heterocycles. The first kappa shape index (κ1) is 16.7. The largest absolute Gasteiger partial charge is 0.478 e. The molecule has 0 bridgehead atoms. The number of methoxy groups -OCH3 is 1. The van der Waals surface area contributed by atoms with Crippen LogP contribution in [0.5, 0.6) is 11.8 Å². The molecule has 0 aromatic carbocycles. The second kappa shape index (κ2) is 7.57. The minimum Gasteiger partial charge on any atom is -0.478 e. The molecule has 0 saturated carbocycles. The first-order chi connectivity index (χ1) is 11.1. The van der Waals surface area contributed by atoms with Gasteiger partial charge in [0.15, 0.2) is 0 Å². The van der Waals surface area contributed by atoms with Crippen LogP contribution in [-0.2, 0) is 11.2 Å². The van der Waals surface area contributed by atoms with E-state index < -0.39 is 5.97 Å². The lowest BCUT2D eigenvalue weighted by molar-refractivity contribution is 0.0599. The van der Waals surface area contributed by atoms with Crippen molar-refractivity contribution in [3.8, 4) is 17.7 Å². The van der Waals surface area contributed by atoms with E-state index >= 15 is 0 Å². The van der Waals surface area contributed by atoms with E-state index in [0.29, 0.717) is 42.7 Å². The minimum atomic E-state index is -0.445. The summed E-state index contributed by atoms with van der Waals surface area (Å²) in [5.74, 6) is 0.613. The van der Waals surface area contributed by atoms with E-state index in [1.165, 1.54) is 18.0 Å². The smallest absolute Gasteiger partial charge is 0.341 e. The fourth-order valence-corrected chi connectivity index (χ4v) is 2.10. The Labute approximate surface area is 134 Å². The molecule has 0 spiro atoms. The molecule has 0 radical (unpaired) electrons. The fraction of sp³-hybridized carbons (Fsp3) is 0.467. The molecule has 2 rings (SSSR count). The molecule has 124 valence electrons. The molecule has 8 nitrogen and oxygen atoms in total. The van der Waals surface area contributed by atoms with Gasteiger partial charge < -0.3 is 14.2 Å². The summed E-state index contributed by atoms with van der Waals surface area (Å²) in [4.78, 5) is 20.4. The molecular weight excluding hydrogens is 300 g/mol. The molecule has 0 aliphatic heterocycles. The third-order valence-electron chi connectivity index (χ3n) is 3.05. The Hall–Kier alpha value is -2.64. The van der Waals surface area contributed by atoms with Crippen molar-refractivity contribution >= 4 is 5.97 Å². The van der Waals surface area contributed by atoms with Gasteiger partial charge in [-0.3, -0.25) is 0 Å². The molecule has 2 aromatic heterocycles. The lowest BCUT2D eigenvalue weighted by Gasteiger charge is -2.10. The Bertz CT molecular complexity index is 660. The van der Waals surface area contributed by atoms with Gasteiger partial charge in [-0.25, -0.2) is 9.48 Å². The summed E-state index contributed by atoms with van der Waals surface area (Å²) in [5.41, 5.74) is 1.05. The van der Waals surface area contributed by atoms with E-state index in [0.717, 1.165) is 0 Å². The Balaban J connectivity index is 2.52. The summed E-state index contributed by atoms with van der Waals surface area (Å²) in [6, 6.07) is 1.62. The van der Waals surface area contributed by atoms with Crippen molar-refractivity contribution in [2.45, 2.75) is 27.2 Å². The van der Waals surface area contributed by atoms with Crippen LogP contribution in [0.4, 0.5) is 0 Å². The van der Waals surface area contributed by atoms with Crippen LogP contribution in [0, 0.1) is 0 Å². The number of hydrogen-bond donors (Lipinski definition) is 0. The van der Waals surface area contributed by atoms with Gasteiger partial charge in [0.25, 0.3) is 5.95 Å². The predicted octanol–water partition coefficient (Wildman–Crippen LogP) is 1.81. The summed E-state index contributed by atoms with van der Waals surface area (Å²) in [6.45, 7) is 6.58. The van der Waals surface area contributed by atoms with E-state index in [-0.39, 0.29) is 5.95 Å². The number of carbonyl (C=O) groups excluding carboxylic acids is 1. The number of ether oxygens (including phenoxy) is 3. The van der Waals surface area contributed by atoms with Crippen LogP contribution in [-0.4, -0.2) is 46.0 Å². The highest BCUT2D eigenvalue weighted by Crippen LogP contribution is 2.20. The first-order valence-corrected chi connectivity index (χ1v) is 7.44. The molecule has 2 heterocycles. The SMILES string of the molecule is CCOc1cc(OCC)nc(-n2ncc(C(=O)OC)c2CC)n1. The maximum atomic E-state index is 11.8. The van der Waals surface area contributed by atoms with E-state index in [1.54, 1.807) is 6.07 Å². The third-order valence-corrected chi connectivity index (χ3v) is 3.05. The fourth-order valence-electron chi connectivity index (χ4n) is 2.10. The van der Waals surface area contributed by atoms with Crippen molar-refractivity contribution in [1.29, 1.82) is 0 Å². The molecular formula is C15H20N4O4. The average Bonchev–Trinajstić information content (AvgIpc) is 2.98. The zero-order valence-corrected chi connectivity index (χ0v) is 13.7. The minimum absolute atomic E-state index is 0.284. The number of rotatable bonds is 7. The number of hydrogen-bond acceptors (Lipinski definition) is 7. The molecule has 0 atom stereocenters. The van der Waals surface area contributed by atoms with Crippen LogP contribution in [0.3, 0.4) is 0 Å². The Kier molecular flexibility index (Phi) is 5.51. The maximum absolute atomic E-state index is 11.8. The summed E-state index contributed by atoms with van der Waals surface area (Å²) >= 11 is 0. The maximum Gasteiger partial charge on any atom is 0.341 e. The number of nitrogens with zero attached hydrogens (tertiary/aromatic N) is 4. The van der Waals surface area contributed by atoms with Gasteiger partial charge in [0, 0.05) is 0 Å². The van der Waals surface area contributed by atoms with Gasteiger partial charge in [0.2, 0.25) is 11.8 Å². The highest BCUT2D eigenvalue weighted by Gasteiger charge is 2.20. The van der Waals surface area contributed by atoms with E-state index in [2.05, 4.69) is 15.1 Å². The van der Waals surface area contributed by atoms with Crippen molar-refractivity contribution in [2.75, 3.05) is 20.3 Å². The molecule has 0 aliphatic carbocycles. The van der Waals surface area contributed by atoms with Crippen molar-refractivity contribution in [3.05, 3.63) is 23.5 Å². The van der Waals surface area contributed by atoms with Crippen LogP contribution in [0.15, 0.2) is 12.3 Å². The molecule has 0 amide bonds. The topological polar surface area (TPSA) is 88.4 Å². The van der Waals surface area contributed by atoms with Crippen LogP contribution < -0.4 is 9.47 Å². The third kappa shape index (κ3) is 3.58. The number of esters is 1. The van der Waals surface area contributed by atoms with E-state index in [9.17, 15) is 4.79 Å². The molecule has 0 fully saturated rings. The van der Waals surface area contributed by atoms with Crippen molar-refractivity contribution in [1.82, 2.24) is 19.7 Å². The van der Waals surface area contributed by atoms with Gasteiger partial charge in [-0.2, -0.15) is 15.1 Å². The monoisotopic (exact) mass is 320 g/mol. The molecule has 2 aromatic rings. The summed E-state index contributed by atoms with van der Waals surface area (Å²) < 4.78 is 17.1. The highest BCUT2D eigenvalue weighted by atomic mass is 16.5. The lowest BCUT2D eigenvalue weighted by Crippen LogP contribution is -2.11. The zero-order valence-electron chi connectivity index (χ0n) is 13.7. The Morgan fingerprint density at radius 1 is 1.13 bits per heavy atom. The molecule has 8 heteroatoms. The quantitative estimate of drug-likeness (QED) is 0.719. The van der Waals surface area contributed by atoms with Crippen LogP contribution >= 0.6 is 0 Å². The van der Waals surface area contributed by atoms with Gasteiger partial charge in [-0.05, 0) is 20.3 Å². The second-order valence-corrected chi connectivity index (χ2v) is 4.47. The molecule has 0 N–H and O–H groups in total. The predicted molar refractivity (Wildman–Crippen MR) is 82.2 cm³/mol. The Morgan fingerprint density at radius 3 is 2.22 bits per heavy atom. The summed E-state index contributed by atoms with van der Waals surface area (Å²) in [5, 5.41) is 4.21. The normalized spacial score (nSPS) is 10.4. The first-order valence-electron chi connectivity index (χ1n) is 7.44. The summed E-state index contributed by atoms with van der Waals surface area (Å²) in [7, 11) is 1.33. The van der Waals surface area contributed by atoms with Gasteiger partial charge in [-0.15, -0.1) is 0 Å². The average molecular weight is 320 g/mol. The van der Waals surface area contributed by atoms with Crippen molar-refractivity contribution in [3.63, 3.8) is 0 Å². The Morgan fingerprint density at radius 2 is 1.74 bits per heavy atom. The van der Waals surface area contributed by atoms with Gasteiger partial charge in [-0.1, -0.05) is 6.92 Å². The van der Waals surface area contributed by atoms with E-state index in [4.69, 9.17) is 14.2 Å². The van der Waals surface area contributed by atoms with Gasteiger partial charge in [0.1, 0.15) is 5.56 Å². The van der Waals surface area contributed by atoms with Gasteiger partial charge in [0.05, 0.1) is 38.3 Å². The van der Waals surface area contributed by atoms with Crippen molar-refractivity contribution in [2.24, 2.45) is 0 Å². The standard InChI is InChI=1S/C15H20N4O4/c1-5-11-10(14(20)21-4)9-16-19(11)15-17-12(22-6-2)8-13(18-15)23-7-3/h8-9H,5-7H2,1-4H3. The van der Waals surface area contributed by atoms with Gasteiger partial charge >= 0.3 is 5.97 Å². The van der Waals surface area contributed by atoms with Crippen LogP contribution in [0.25, 0.3) is 5.95 Å². The van der Waals surface area contributed by atoms with Crippen LogP contribution in [0.1, 0.15) is 36.8 Å². The lowest BCUT2D eigenvalue weighted by atomic mass is 10.2. The molecule has 23 heavy (non-hydrogen) atoms. The zero-order chi connectivity index (χ0) is 16.8. The molecule has 0 unspecified atom stereocenters. The highest BCUT2D eigenvalue weighted by molar-refractivity contribution is 5.90. The number of carbonyl (C=O) groups is 1. The van der Waals surface area contributed by atoms with E-state index in [1.807, 2.05) is 20.8 Å². The van der Waals surface area contributed by atoms with Crippen molar-refractivity contribution < 1.29 is 19.0 Å².